The molecule has 0 atom stereocenters. The predicted molar refractivity (Wildman–Crippen MR) is 119 cm³/mol. The highest BCUT2D eigenvalue weighted by atomic mass is 32.2. The van der Waals surface area contributed by atoms with Gasteiger partial charge in [0, 0.05) is 41.9 Å². The first-order valence-corrected chi connectivity index (χ1v) is 11.3. The smallest absolute Gasteiger partial charge is 0.322 e. The van der Waals surface area contributed by atoms with Crippen LogP contribution in [-0.4, -0.2) is 33.5 Å². The highest BCUT2D eigenvalue weighted by molar-refractivity contribution is 7.98. The number of aromatic nitrogens is 2. The van der Waals surface area contributed by atoms with Crippen LogP contribution in [0.5, 0.6) is 0 Å². The topological polar surface area (TPSA) is 59.4 Å². The van der Waals surface area contributed by atoms with E-state index in [2.05, 4.69) is 10.4 Å². The van der Waals surface area contributed by atoms with Crippen molar-refractivity contribution < 1.29 is 13.9 Å². The summed E-state index contributed by atoms with van der Waals surface area (Å²) < 4.78 is 21.0. The first-order valence-electron chi connectivity index (χ1n) is 10.1. The molecular formula is C23H25FN4O2S. The molecule has 31 heavy (non-hydrogen) atoms. The molecule has 6 nitrogen and oxygen atoms in total. The molecular weight excluding hydrogens is 415 g/mol. The Labute approximate surface area is 185 Å². The minimum absolute atomic E-state index is 0.126. The predicted octanol–water partition coefficient (Wildman–Crippen LogP) is 4.59. The number of aryl methyl sites for hydroxylation is 1. The summed E-state index contributed by atoms with van der Waals surface area (Å²) in [5.41, 5.74) is 4.53. The summed E-state index contributed by atoms with van der Waals surface area (Å²) in [5, 5.41) is 7.59. The molecule has 4 rings (SSSR count). The third-order valence-electron chi connectivity index (χ3n) is 5.33. The van der Waals surface area contributed by atoms with Crippen LogP contribution in [0.25, 0.3) is 0 Å². The van der Waals surface area contributed by atoms with Crippen molar-refractivity contribution in [2.45, 2.75) is 31.1 Å². The van der Waals surface area contributed by atoms with Gasteiger partial charge in [0.2, 0.25) is 0 Å². The van der Waals surface area contributed by atoms with Crippen molar-refractivity contribution >= 4 is 23.5 Å². The Morgan fingerprint density at radius 3 is 2.87 bits per heavy atom. The summed E-state index contributed by atoms with van der Waals surface area (Å²) in [4.78, 5) is 15.7. The Morgan fingerprint density at radius 2 is 2.06 bits per heavy atom. The number of halogens is 1. The number of rotatable bonds is 6. The van der Waals surface area contributed by atoms with Gasteiger partial charge in [0.15, 0.2) is 0 Å². The van der Waals surface area contributed by atoms with Gasteiger partial charge in [0.1, 0.15) is 5.82 Å². The normalized spacial score (nSPS) is 13.2. The molecule has 8 heteroatoms. The van der Waals surface area contributed by atoms with E-state index in [4.69, 9.17) is 4.74 Å². The van der Waals surface area contributed by atoms with E-state index in [0.717, 1.165) is 39.5 Å². The monoisotopic (exact) mass is 440 g/mol. The van der Waals surface area contributed by atoms with Crippen LogP contribution in [0.3, 0.4) is 0 Å². The van der Waals surface area contributed by atoms with Crippen molar-refractivity contribution in [3.8, 4) is 0 Å². The maximum atomic E-state index is 13.3. The van der Waals surface area contributed by atoms with E-state index < -0.39 is 0 Å². The molecule has 1 aromatic heterocycles. The molecule has 0 fully saturated rings. The fourth-order valence-corrected chi connectivity index (χ4v) is 4.21. The summed E-state index contributed by atoms with van der Waals surface area (Å²) in [6, 6.07) is 14.1. The second-order valence-corrected chi connectivity index (χ2v) is 8.33. The van der Waals surface area contributed by atoms with E-state index in [1.165, 1.54) is 12.1 Å². The standard InChI is InChI=1S/C23H25FN4O2S/c1-27-22-9-10-28(23(29)25-18-7-4-8-19(12-18)31-2)13-20(22)21(26-27)15-30-14-16-5-3-6-17(24)11-16/h3-8,11-12H,9-10,13-15H2,1-2H3,(H,25,29). The van der Waals surface area contributed by atoms with Crippen LogP contribution in [0.1, 0.15) is 22.5 Å². The third kappa shape index (κ3) is 5.08. The molecule has 0 unspecified atom stereocenters. The Bertz CT molecular complexity index is 1090. The Balaban J connectivity index is 1.41. The summed E-state index contributed by atoms with van der Waals surface area (Å²) in [6.45, 7) is 1.73. The Kier molecular flexibility index (Phi) is 6.58. The molecule has 1 aliphatic heterocycles. The summed E-state index contributed by atoms with van der Waals surface area (Å²) >= 11 is 1.64. The summed E-state index contributed by atoms with van der Waals surface area (Å²) in [7, 11) is 1.92. The van der Waals surface area contributed by atoms with Crippen LogP contribution < -0.4 is 5.32 Å². The number of carbonyl (C=O) groups is 1. The lowest BCUT2D eigenvalue weighted by Gasteiger charge is -2.28. The highest BCUT2D eigenvalue weighted by Crippen LogP contribution is 2.24. The van der Waals surface area contributed by atoms with E-state index in [1.54, 1.807) is 22.7 Å². The van der Waals surface area contributed by atoms with Gasteiger partial charge in [0.05, 0.1) is 25.5 Å². The number of anilines is 1. The van der Waals surface area contributed by atoms with Crippen molar-refractivity contribution in [2.24, 2.45) is 7.05 Å². The van der Waals surface area contributed by atoms with Gasteiger partial charge < -0.3 is 15.0 Å². The second kappa shape index (κ2) is 9.53. The zero-order valence-corrected chi connectivity index (χ0v) is 18.4. The number of ether oxygens (including phenoxy) is 1. The number of nitrogens with one attached hydrogen (secondary N) is 1. The van der Waals surface area contributed by atoms with Gasteiger partial charge in [-0.25, -0.2) is 9.18 Å². The largest absolute Gasteiger partial charge is 0.370 e. The number of urea groups is 1. The molecule has 2 heterocycles. The van der Waals surface area contributed by atoms with Crippen LogP contribution in [0, 0.1) is 5.82 Å². The minimum Gasteiger partial charge on any atom is -0.370 e. The maximum absolute atomic E-state index is 13.3. The van der Waals surface area contributed by atoms with E-state index in [9.17, 15) is 9.18 Å². The molecule has 0 spiro atoms. The van der Waals surface area contributed by atoms with Crippen LogP contribution in [0.15, 0.2) is 53.4 Å². The lowest BCUT2D eigenvalue weighted by atomic mass is 10.1. The van der Waals surface area contributed by atoms with E-state index in [1.807, 2.05) is 48.3 Å². The van der Waals surface area contributed by atoms with Crippen LogP contribution >= 0.6 is 11.8 Å². The Morgan fingerprint density at radius 1 is 1.23 bits per heavy atom. The number of fused-ring (bicyclic) bond motifs is 1. The van der Waals surface area contributed by atoms with Gasteiger partial charge in [-0.1, -0.05) is 18.2 Å². The van der Waals surface area contributed by atoms with Crippen LogP contribution in [0.2, 0.25) is 0 Å². The molecule has 2 aromatic carbocycles. The third-order valence-corrected chi connectivity index (χ3v) is 6.06. The van der Waals surface area contributed by atoms with Gasteiger partial charge >= 0.3 is 6.03 Å². The number of thioether (sulfide) groups is 1. The zero-order chi connectivity index (χ0) is 21.8. The second-order valence-electron chi connectivity index (χ2n) is 7.45. The van der Waals surface area contributed by atoms with Crippen molar-refractivity contribution in [1.82, 2.24) is 14.7 Å². The van der Waals surface area contributed by atoms with E-state index in [0.29, 0.717) is 26.3 Å². The number of hydrogen-bond acceptors (Lipinski definition) is 4. The molecule has 0 radical (unpaired) electrons. The van der Waals surface area contributed by atoms with Gasteiger partial charge in [-0.05, 0) is 42.2 Å². The average molecular weight is 441 g/mol. The molecule has 1 N–H and O–H groups in total. The van der Waals surface area contributed by atoms with Crippen molar-refractivity contribution in [3.05, 3.63) is 76.9 Å². The van der Waals surface area contributed by atoms with Gasteiger partial charge in [-0.15, -0.1) is 11.8 Å². The molecule has 1 aliphatic rings. The molecule has 3 aromatic rings. The van der Waals surface area contributed by atoms with Crippen molar-refractivity contribution in [1.29, 1.82) is 0 Å². The van der Waals surface area contributed by atoms with E-state index >= 15 is 0 Å². The minimum atomic E-state index is -0.277. The maximum Gasteiger partial charge on any atom is 0.322 e. The lowest BCUT2D eigenvalue weighted by molar-refractivity contribution is 0.103. The van der Waals surface area contributed by atoms with Crippen LogP contribution in [0.4, 0.5) is 14.9 Å². The van der Waals surface area contributed by atoms with Crippen molar-refractivity contribution in [3.63, 3.8) is 0 Å². The van der Waals surface area contributed by atoms with Crippen molar-refractivity contribution in [2.75, 3.05) is 18.1 Å². The quantitative estimate of drug-likeness (QED) is 0.570. The van der Waals surface area contributed by atoms with Gasteiger partial charge in [0.25, 0.3) is 0 Å². The number of benzene rings is 2. The number of nitrogens with zero attached hydrogens (tertiary/aromatic N) is 3. The number of carbonyl (C=O) groups excluding carboxylic acids is 1. The zero-order valence-electron chi connectivity index (χ0n) is 17.6. The summed E-state index contributed by atoms with van der Waals surface area (Å²) in [6.07, 6.45) is 2.74. The molecule has 0 bridgehead atoms. The SMILES string of the molecule is CSc1cccc(NC(=O)N2CCc3c(c(COCc4cccc(F)c4)nn3C)C2)c1. The Hall–Kier alpha value is -2.84. The molecule has 0 saturated heterocycles. The summed E-state index contributed by atoms with van der Waals surface area (Å²) in [5.74, 6) is -0.277. The molecule has 162 valence electrons. The first-order chi connectivity index (χ1) is 15.0. The molecule has 2 amide bonds. The average Bonchev–Trinajstić information content (AvgIpc) is 3.09. The van der Waals surface area contributed by atoms with E-state index in [-0.39, 0.29) is 11.8 Å². The van der Waals surface area contributed by atoms with Gasteiger partial charge in [-0.2, -0.15) is 5.10 Å². The fourth-order valence-electron chi connectivity index (χ4n) is 3.75. The van der Waals surface area contributed by atoms with Gasteiger partial charge in [-0.3, -0.25) is 4.68 Å². The first kappa shape index (κ1) is 21.4. The fraction of sp³-hybridized carbons (Fsp3) is 0.304. The lowest BCUT2D eigenvalue weighted by Crippen LogP contribution is -2.39. The molecule has 0 aliphatic carbocycles. The highest BCUT2D eigenvalue weighted by Gasteiger charge is 2.26. The number of amides is 2. The van der Waals surface area contributed by atoms with Crippen LogP contribution in [-0.2, 0) is 38.0 Å². The molecule has 0 saturated carbocycles. The number of hydrogen-bond donors (Lipinski definition) is 1.